The molecular formula is C13H7ClN4O3. The summed E-state index contributed by atoms with van der Waals surface area (Å²) < 4.78 is 0. The molecule has 0 saturated carbocycles. The van der Waals surface area contributed by atoms with Crippen LogP contribution in [0, 0.1) is 0 Å². The molecule has 0 fully saturated rings. The van der Waals surface area contributed by atoms with Crippen molar-refractivity contribution in [2.45, 2.75) is 0 Å². The second-order valence-corrected chi connectivity index (χ2v) is 4.61. The lowest BCUT2D eigenvalue weighted by atomic mass is 10.1. The number of rotatable bonds is 2. The molecule has 0 radical (unpaired) electrons. The molecule has 1 aromatic heterocycles. The number of imide groups is 1. The lowest BCUT2D eigenvalue weighted by Gasteiger charge is -2.05. The molecule has 0 aliphatic carbocycles. The van der Waals surface area contributed by atoms with Gasteiger partial charge in [0.25, 0.3) is 17.7 Å². The SMILES string of the molecule is O=C(Nc1ccc2c(c1)C(=O)NC2=O)c1cnc(Cl)cn1. The van der Waals surface area contributed by atoms with Crippen molar-refractivity contribution in [3.8, 4) is 0 Å². The van der Waals surface area contributed by atoms with Crippen LogP contribution in [0.1, 0.15) is 31.2 Å². The topological polar surface area (TPSA) is 101 Å². The minimum atomic E-state index is -0.496. The van der Waals surface area contributed by atoms with Crippen molar-refractivity contribution in [2.75, 3.05) is 5.32 Å². The molecule has 8 heteroatoms. The van der Waals surface area contributed by atoms with Gasteiger partial charge in [-0.15, -0.1) is 0 Å². The first-order valence-corrected chi connectivity index (χ1v) is 6.21. The highest BCUT2D eigenvalue weighted by Gasteiger charge is 2.26. The van der Waals surface area contributed by atoms with Gasteiger partial charge in [0.1, 0.15) is 10.8 Å². The molecule has 1 aromatic carbocycles. The van der Waals surface area contributed by atoms with E-state index in [4.69, 9.17) is 11.6 Å². The number of fused-ring (bicyclic) bond motifs is 1. The van der Waals surface area contributed by atoms with Crippen LogP contribution in [0.5, 0.6) is 0 Å². The monoisotopic (exact) mass is 302 g/mol. The van der Waals surface area contributed by atoms with Crippen molar-refractivity contribution in [3.05, 3.63) is 52.6 Å². The van der Waals surface area contributed by atoms with Gasteiger partial charge in [-0.1, -0.05) is 11.6 Å². The summed E-state index contributed by atoms with van der Waals surface area (Å²) >= 11 is 5.59. The molecule has 3 amide bonds. The molecule has 21 heavy (non-hydrogen) atoms. The minimum Gasteiger partial charge on any atom is -0.321 e. The fourth-order valence-corrected chi connectivity index (χ4v) is 1.97. The highest BCUT2D eigenvalue weighted by Crippen LogP contribution is 2.20. The summed E-state index contributed by atoms with van der Waals surface area (Å²) in [4.78, 5) is 42.5. The van der Waals surface area contributed by atoms with E-state index in [1.54, 1.807) is 0 Å². The number of nitrogens with zero attached hydrogens (tertiary/aromatic N) is 2. The quantitative estimate of drug-likeness (QED) is 0.813. The third-order valence-corrected chi connectivity index (χ3v) is 3.04. The summed E-state index contributed by atoms with van der Waals surface area (Å²) in [5.74, 6) is -1.43. The number of hydrogen-bond donors (Lipinski definition) is 2. The van der Waals surface area contributed by atoms with E-state index in [0.717, 1.165) is 0 Å². The van der Waals surface area contributed by atoms with E-state index in [0.29, 0.717) is 5.69 Å². The number of nitrogens with one attached hydrogen (secondary N) is 2. The third-order valence-electron chi connectivity index (χ3n) is 2.85. The molecule has 1 aliphatic heterocycles. The molecule has 2 N–H and O–H groups in total. The van der Waals surface area contributed by atoms with Gasteiger partial charge in [0.15, 0.2) is 0 Å². The van der Waals surface area contributed by atoms with Crippen molar-refractivity contribution < 1.29 is 14.4 Å². The maximum atomic E-state index is 11.9. The Balaban J connectivity index is 1.84. The van der Waals surface area contributed by atoms with Gasteiger partial charge in [0.05, 0.1) is 23.5 Å². The van der Waals surface area contributed by atoms with Gasteiger partial charge in [-0.3, -0.25) is 19.7 Å². The Morgan fingerprint density at radius 1 is 1.10 bits per heavy atom. The Kier molecular flexibility index (Phi) is 3.11. The van der Waals surface area contributed by atoms with E-state index in [1.165, 1.54) is 30.6 Å². The number of anilines is 1. The van der Waals surface area contributed by atoms with Crippen LogP contribution in [0.4, 0.5) is 5.69 Å². The summed E-state index contributed by atoms with van der Waals surface area (Å²) in [5.41, 5.74) is 0.963. The predicted molar refractivity (Wildman–Crippen MR) is 73.2 cm³/mol. The first kappa shape index (κ1) is 13.2. The Hall–Kier alpha value is -2.80. The standard InChI is InChI=1S/C13H7ClN4O3/c14-10-5-15-9(4-16-10)13(21)17-6-1-2-7-8(3-6)12(20)18-11(7)19/h1-5H,(H,17,21)(H,18,19,20). The highest BCUT2D eigenvalue weighted by atomic mass is 35.5. The molecule has 2 heterocycles. The lowest BCUT2D eigenvalue weighted by molar-refractivity contribution is 0.0878. The first-order valence-electron chi connectivity index (χ1n) is 5.83. The average Bonchev–Trinajstić information content (AvgIpc) is 2.74. The van der Waals surface area contributed by atoms with Crippen molar-refractivity contribution in [2.24, 2.45) is 0 Å². The summed E-state index contributed by atoms with van der Waals surface area (Å²) in [7, 11) is 0. The van der Waals surface area contributed by atoms with E-state index < -0.39 is 17.7 Å². The summed E-state index contributed by atoms with van der Waals surface area (Å²) in [6.07, 6.45) is 2.49. The van der Waals surface area contributed by atoms with Gasteiger partial charge < -0.3 is 5.32 Å². The maximum absolute atomic E-state index is 11.9. The minimum absolute atomic E-state index is 0.0837. The second-order valence-electron chi connectivity index (χ2n) is 4.22. The number of carbonyl (C=O) groups is 3. The second kappa shape index (κ2) is 4.95. The van der Waals surface area contributed by atoms with Crippen molar-refractivity contribution >= 4 is 35.0 Å². The third kappa shape index (κ3) is 2.46. The van der Waals surface area contributed by atoms with Gasteiger partial charge in [-0.2, -0.15) is 0 Å². The molecule has 1 aliphatic rings. The van der Waals surface area contributed by atoms with Crippen LogP contribution >= 0.6 is 11.6 Å². The number of aromatic nitrogens is 2. The Bertz CT molecular complexity index is 773. The number of halogens is 1. The van der Waals surface area contributed by atoms with Crippen LogP contribution < -0.4 is 10.6 Å². The average molecular weight is 303 g/mol. The normalized spacial score (nSPS) is 12.8. The Labute approximate surface area is 123 Å². The molecule has 0 atom stereocenters. The van der Waals surface area contributed by atoms with Crippen LogP contribution in [-0.4, -0.2) is 27.7 Å². The summed E-state index contributed by atoms with van der Waals surface area (Å²) in [6.45, 7) is 0. The lowest BCUT2D eigenvalue weighted by Crippen LogP contribution is -2.19. The molecule has 2 aromatic rings. The van der Waals surface area contributed by atoms with Gasteiger partial charge in [0, 0.05) is 5.69 Å². The van der Waals surface area contributed by atoms with Crippen molar-refractivity contribution in [3.63, 3.8) is 0 Å². The van der Waals surface area contributed by atoms with Gasteiger partial charge >= 0.3 is 0 Å². The zero-order chi connectivity index (χ0) is 15.0. The van der Waals surface area contributed by atoms with E-state index >= 15 is 0 Å². The zero-order valence-corrected chi connectivity index (χ0v) is 11.1. The van der Waals surface area contributed by atoms with Crippen LogP contribution in [0.2, 0.25) is 5.15 Å². The molecule has 0 bridgehead atoms. The molecule has 0 spiro atoms. The number of hydrogen-bond acceptors (Lipinski definition) is 5. The fourth-order valence-electron chi connectivity index (χ4n) is 1.87. The molecule has 3 rings (SSSR count). The summed E-state index contributed by atoms with van der Waals surface area (Å²) in [5, 5.41) is 4.92. The maximum Gasteiger partial charge on any atom is 0.275 e. The Morgan fingerprint density at radius 2 is 1.86 bits per heavy atom. The van der Waals surface area contributed by atoms with E-state index in [9.17, 15) is 14.4 Å². The first-order chi connectivity index (χ1) is 10.0. The van der Waals surface area contributed by atoms with Gasteiger partial charge in [0.2, 0.25) is 0 Å². The molecule has 104 valence electrons. The van der Waals surface area contributed by atoms with Gasteiger partial charge in [-0.05, 0) is 18.2 Å². The fraction of sp³-hybridized carbons (Fsp3) is 0. The van der Waals surface area contributed by atoms with Crippen molar-refractivity contribution in [1.82, 2.24) is 15.3 Å². The smallest absolute Gasteiger partial charge is 0.275 e. The van der Waals surface area contributed by atoms with E-state index in [-0.39, 0.29) is 22.0 Å². The van der Waals surface area contributed by atoms with Crippen molar-refractivity contribution in [1.29, 1.82) is 0 Å². The molecular weight excluding hydrogens is 296 g/mol. The van der Waals surface area contributed by atoms with Crippen LogP contribution in [0.25, 0.3) is 0 Å². The molecule has 0 saturated heterocycles. The van der Waals surface area contributed by atoms with Crippen LogP contribution in [-0.2, 0) is 0 Å². The van der Waals surface area contributed by atoms with E-state index in [2.05, 4.69) is 20.6 Å². The Morgan fingerprint density at radius 3 is 2.57 bits per heavy atom. The largest absolute Gasteiger partial charge is 0.321 e. The number of amides is 3. The number of carbonyl (C=O) groups excluding carboxylic acids is 3. The van der Waals surface area contributed by atoms with E-state index in [1.807, 2.05) is 0 Å². The van der Waals surface area contributed by atoms with Crippen LogP contribution in [0.3, 0.4) is 0 Å². The zero-order valence-electron chi connectivity index (χ0n) is 10.4. The molecule has 7 nitrogen and oxygen atoms in total. The number of benzene rings is 1. The predicted octanol–water partition coefficient (Wildman–Crippen LogP) is 1.27. The molecule has 0 unspecified atom stereocenters. The summed E-state index contributed by atoms with van der Waals surface area (Å²) in [6, 6.07) is 4.42. The van der Waals surface area contributed by atoms with Gasteiger partial charge in [-0.25, -0.2) is 9.97 Å². The van der Waals surface area contributed by atoms with Crippen LogP contribution in [0.15, 0.2) is 30.6 Å². The highest BCUT2D eigenvalue weighted by molar-refractivity contribution is 6.29.